The number of fused-ring (bicyclic) bond motifs is 1. The van der Waals surface area contributed by atoms with Gasteiger partial charge < -0.3 is 10.8 Å². The number of aliphatic hydroxyl groups is 1. The van der Waals surface area contributed by atoms with Crippen LogP contribution in [0.2, 0.25) is 0 Å². The molecule has 94 valence electrons. The predicted molar refractivity (Wildman–Crippen MR) is 74.3 cm³/mol. The highest BCUT2D eigenvalue weighted by Gasteiger charge is 2.41. The Labute approximate surface area is 108 Å². The van der Waals surface area contributed by atoms with Crippen molar-refractivity contribution in [3.05, 3.63) is 35.4 Å². The van der Waals surface area contributed by atoms with Gasteiger partial charge in [0.25, 0.3) is 0 Å². The Morgan fingerprint density at radius 2 is 1.94 bits per heavy atom. The second-order valence-corrected chi connectivity index (χ2v) is 5.97. The van der Waals surface area contributed by atoms with Crippen molar-refractivity contribution in [1.29, 1.82) is 0 Å². The number of hydrogen-bond acceptors (Lipinski definition) is 3. The number of rotatable bonds is 5. The van der Waals surface area contributed by atoms with Crippen molar-refractivity contribution in [2.45, 2.75) is 25.4 Å². The van der Waals surface area contributed by atoms with E-state index in [0.29, 0.717) is 6.54 Å². The molecular weight excluding hydrogens is 230 g/mol. The molecule has 0 heterocycles. The van der Waals surface area contributed by atoms with E-state index < -0.39 is 0 Å². The lowest BCUT2D eigenvalue weighted by Crippen LogP contribution is -2.43. The molecule has 0 radical (unpaired) electrons. The van der Waals surface area contributed by atoms with Crippen LogP contribution in [0.4, 0.5) is 0 Å². The number of aliphatic hydroxyl groups excluding tert-OH is 1. The SMILES string of the molecule is CSCCC(O)C1(CN)Cc2ccccc2C1. The fourth-order valence-electron chi connectivity index (χ4n) is 2.78. The minimum absolute atomic E-state index is 0.126. The molecule has 1 atom stereocenters. The lowest BCUT2D eigenvalue weighted by molar-refractivity contribution is 0.0352. The molecule has 1 aromatic rings. The van der Waals surface area contributed by atoms with E-state index in [4.69, 9.17) is 5.73 Å². The summed E-state index contributed by atoms with van der Waals surface area (Å²) in [6, 6.07) is 8.46. The Bertz CT molecular complexity index is 355. The lowest BCUT2D eigenvalue weighted by atomic mass is 9.78. The van der Waals surface area contributed by atoms with E-state index in [1.807, 2.05) is 0 Å². The third-order valence-electron chi connectivity index (χ3n) is 3.91. The molecule has 0 bridgehead atoms. The topological polar surface area (TPSA) is 46.2 Å². The van der Waals surface area contributed by atoms with Crippen LogP contribution in [-0.2, 0) is 12.8 Å². The van der Waals surface area contributed by atoms with Gasteiger partial charge in [-0.1, -0.05) is 24.3 Å². The standard InChI is InChI=1S/C14H21NOS/c1-17-7-6-13(16)14(10-15)8-11-4-2-3-5-12(11)9-14/h2-5,13,16H,6-10,15H2,1H3. The molecule has 1 unspecified atom stereocenters. The Morgan fingerprint density at radius 3 is 2.41 bits per heavy atom. The summed E-state index contributed by atoms with van der Waals surface area (Å²) in [6.07, 6.45) is 4.48. The molecule has 0 amide bonds. The van der Waals surface area contributed by atoms with Crippen LogP contribution in [-0.4, -0.2) is 29.8 Å². The maximum Gasteiger partial charge on any atom is 0.0622 e. The van der Waals surface area contributed by atoms with E-state index in [9.17, 15) is 5.11 Å². The first-order chi connectivity index (χ1) is 8.22. The highest BCUT2D eigenvalue weighted by atomic mass is 32.2. The van der Waals surface area contributed by atoms with Gasteiger partial charge in [0.05, 0.1) is 6.10 Å². The summed E-state index contributed by atoms with van der Waals surface area (Å²) < 4.78 is 0. The van der Waals surface area contributed by atoms with Gasteiger partial charge in [-0.05, 0) is 42.4 Å². The Hall–Kier alpha value is -0.510. The summed E-state index contributed by atoms with van der Waals surface area (Å²) in [6.45, 7) is 0.567. The molecule has 0 aromatic heterocycles. The smallest absolute Gasteiger partial charge is 0.0622 e. The van der Waals surface area contributed by atoms with Crippen molar-refractivity contribution in [3.63, 3.8) is 0 Å². The molecule has 0 saturated heterocycles. The molecule has 1 aliphatic rings. The van der Waals surface area contributed by atoms with E-state index in [1.165, 1.54) is 11.1 Å². The molecule has 2 nitrogen and oxygen atoms in total. The van der Waals surface area contributed by atoms with Gasteiger partial charge in [0.1, 0.15) is 0 Å². The maximum atomic E-state index is 10.4. The molecule has 0 saturated carbocycles. The lowest BCUT2D eigenvalue weighted by Gasteiger charge is -2.33. The number of nitrogens with two attached hydrogens (primary N) is 1. The summed E-state index contributed by atoms with van der Waals surface area (Å²) in [5.41, 5.74) is 8.55. The minimum Gasteiger partial charge on any atom is -0.392 e. The van der Waals surface area contributed by atoms with Gasteiger partial charge in [0.15, 0.2) is 0 Å². The summed E-state index contributed by atoms with van der Waals surface area (Å²) in [4.78, 5) is 0. The van der Waals surface area contributed by atoms with E-state index in [-0.39, 0.29) is 11.5 Å². The van der Waals surface area contributed by atoms with Gasteiger partial charge in [-0.25, -0.2) is 0 Å². The van der Waals surface area contributed by atoms with E-state index >= 15 is 0 Å². The second-order valence-electron chi connectivity index (χ2n) is 4.99. The molecule has 0 spiro atoms. The van der Waals surface area contributed by atoms with Crippen molar-refractivity contribution in [2.75, 3.05) is 18.6 Å². The monoisotopic (exact) mass is 251 g/mol. The highest BCUT2D eigenvalue weighted by Crippen LogP contribution is 2.40. The molecule has 0 fully saturated rings. The van der Waals surface area contributed by atoms with E-state index in [2.05, 4.69) is 30.5 Å². The highest BCUT2D eigenvalue weighted by molar-refractivity contribution is 7.98. The Balaban J connectivity index is 2.14. The number of thioether (sulfide) groups is 1. The minimum atomic E-state index is -0.285. The van der Waals surface area contributed by atoms with Crippen LogP contribution in [0.25, 0.3) is 0 Å². The van der Waals surface area contributed by atoms with Crippen LogP contribution in [0.5, 0.6) is 0 Å². The van der Waals surface area contributed by atoms with Crippen LogP contribution in [0, 0.1) is 5.41 Å². The van der Waals surface area contributed by atoms with Crippen LogP contribution in [0.3, 0.4) is 0 Å². The van der Waals surface area contributed by atoms with Gasteiger partial charge in [-0.2, -0.15) is 11.8 Å². The summed E-state index contributed by atoms with van der Waals surface area (Å²) in [5.74, 6) is 0.999. The fourth-order valence-corrected chi connectivity index (χ4v) is 3.23. The third kappa shape index (κ3) is 2.51. The van der Waals surface area contributed by atoms with Gasteiger partial charge >= 0.3 is 0 Å². The second kappa shape index (κ2) is 5.42. The molecule has 2 rings (SSSR count). The number of hydrogen-bond donors (Lipinski definition) is 2. The summed E-state index contributed by atoms with van der Waals surface area (Å²) in [5, 5.41) is 10.4. The van der Waals surface area contributed by atoms with Crippen molar-refractivity contribution in [1.82, 2.24) is 0 Å². The van der Waals surface area contributed by atoms with Gasteiger partial charge in [0, 0.05) is 12.0 Å². The molecule has 1 aromatic carbocycles. The quantitative estimate of drug-likeness (QED) is 0.839. The fraction of sp³-hybridized carbons (Fsp3) is 0.571. The van der Waals surface area contributed by atoms with Gasteiger partial charge in [-0.15, -0.1) is 0 Å². The first-order valence-electron chi connectivity index (χ1n) is 6.16. The zero-order valence-electron chi connectivity index (χ0n) is 10.4. The van der Waals surface area contributed by atoms with Crippen molar-refractivity contribution < 1.29 is 5.11 Å². The third-order valence-corrected chi connectivity index (χ3v) is 4.56. The largest absolute Gasteiger partial charge is 0.392 e. The Morgan fingerprint density at radius 1 is 1.35 bits per heavy atom. The van der Waals surface area contributed by atoms with Crippen LogP contribution >= 0.6 is 11.8 Å². The zero-order valence-corrected chi connectivity index (χ0v) is 11.2. The van der Waals surface area contributed by atoms with Gasteiger partial charge in [-0.3, -0.25) is 0 Å². The summed E-state index contributed by atoms with van der Waals surface area (Å²) >= 11 is 1.78. The molecule has 3 heteroatoms. The van der Waals surface area contributed by atoms with E-state index in [1.54, 1.807) is 11.8 Å². The molecular formula is C14H21NOS. The van der Waals surface area contributed by atoms with Crippen LogP contribution in [0.15, 0.2) is 24.3 Å². The average Bonchev–Trinajstić information content (AvgIpc) is 2.75. The Kier molecular flexibility index (Phi) is 4.13. The first-order valence-corrected chi connectivity index (χ1v) is 7.55. The van der Waals surface area contributed by atoms with Crippen molar-refractivity contribution in [3.8, 4) is 0 Å². The summed E-state index contributed by atoms with van der Waals surface area (Å²) in [7, 11) is 0. The predicted octanol–water partition coefficient (Wildman–Crippen LogP) is 1.84. The maximum absolute atomic E-state index is 10.4. The first kappa shape index (κ1) is 12.9. The van der Waals surface area contributed by atoms with Crippen molar-refractivity contribution >= 4 is 11.8 Å². The normalized spacial score (nSPS) is 19.0. The molecule has 1 aliphatic carbocycles. The van der Waals surface area contributed by atoms with E-state index in [0.717, 1.165) is 25.0 Å². The number of benzene rings is 1. The molecule has 17 heavy (non-hydrogen) atoms. The van der Waals surface area contributed by atoms with Crippen LogP contribution < -0.4 is 5.73 Å². The molecule has 3 N–H and O–H groups in total. The molecule has 0 aliphatic heterocycles. The van der Waals surface area contributed by atoms with Crippen molar-refractivity contribution in [2.24, 2.45) is 11.1 Å². The zero-order chi connectivity index (χ0) is 12.3. The van der Waals surface area contributed by atoms with Gasteiger partial charge in [0.2, 0.25) is 0 Å². The average molecular weight is 251 g/mol. The van der Waals surface area contributed by atoms with Crippen LogP contribution in [0.1, 0.15) is 17.5 Å².